The molecule has 0 aliphatic carbocycles. The van der Waals surface area contributed by atoms with Crippen molar-refractivity contribution in [3.05, 3.63) is 0 Å². The van der Waals surface area contributed by atoms with Crippen LogP contribution in [0.5, 0.6) is 0 Å². The highest BCUT2D eigenvalue weighted by molar-refractivity contribution is 5.17. The molecule has 0 saturated heterocycles. The standard InChI is InChI=1S/C14H9F21O/c1-36-4-2-3-5(15,16)6(17,18)7(19,20)8(21,22)9(23,24)10(25,26)11(27,28)12(29,30)13(31,32)14(33,34)35/h2-4H2,1H3. The first-order chi connectivity index (χ1) is 15.3. The molecule has 218 valence electrons. The van der Waals surface area contributed by atoms with E-state index in [0.29, 0.717) is 7.11 Å². The van der Waals surface area contributed by atoms with Gasteiger partial charge in [0.05, 0.1) is 0 Å². The monoisotopic (exact) mass is 592 g/mol. The first-order valence-electron chi connectivity index (χ1n) is 8.27. The van der Waals surface area contributed by atoms with Crippen molar-refractivity contribution in [1.82, 2.24) is 0 Å². The van der Waals surface area contributed by atoms with E-state index in [9.17, 15) is 92.2 Å². The zero-order valence-corrected chi connectivity index (χ0v) is 16.5. The average Bonchev–Trinajstić information content (AvgIpc) is 2.65. The molecule has 22 heteroatoms. The van der Waals surface area contributed by atoms with Gasteiger partial charge in [-0.15, -0.1) is 0 Å². The van der Waals surface area contributed by atoms with Gasteiger partial charge in [-0.05, 0) is 6.42 Å². The van der Waals surface area contributed by atoms with Gasteiger partial charge in [-0.1, -0.05) is 0 Å². The zero-order chi connectivity index (χ0) is 29.8. The second-order valence-corrected chi connectivity index (χ2v) is 6.89. The molecule has 0 N–H and O–H groups in total. The van der Waals surface area contributed by atoms with Crippen molar-refractivity contribution in [1.29, 1.82) is 0 Å². The lowest BCUT2D eigenvalue weighted by molar-refractivity contribution is -0.474. The van der Waals surface area contributed by atoms with Crippen molar-refractivity contribution in [3.8, 4) is 0 Å². The largest absolute Gasteiger partial charge is 0.460 e. The fourth-order valence-electron chi connectivity index (χ4n) is 2.19. The topological polar surface area (TPSA) is 9.23 Å². The molecule has 0 fully saturated rings. The second kappa shape index (κ2) is 9.05. The Balaban J connectivity index is 6.89. The quantitative estimate of drug-likeness (QED) is 0.167. The van der Waals surface area contributed by atoms with E-state index >= 15 is 0 Å². The number of hydrogen-bond donors (Lipinski definition) is 0. The highest BCUT2D eigenvalue weighted by Gasteiger charge is 2.97. The third kappa shape index (κ3) is 4.41. The molecule has 0 heterocycles. The molecule has 0 saturated carbocycles. The van der Waals surface area contributed by atoms with Crippen molar-refractivity contribution in [3.63, 3.8) is 0 Å². The van der Waals surface area contributed by atoms with E-state index in [4.69, 9.17) is 0 Å². The summed E-state index contributed by atoms with van der Waals surface area (Å²) < 4.78 is 279. The Kier molecular flexibility index (Phi) is 8.67. The van der Waals surface area contributed by atoms with Crippen molar-refractivity contribution in [2.45, 2.75) is 72.3 Å². The van der Waals surface area contributed by atoms with Crippen LogP contribution in [0.25, 0.3) is 0 Å². The predicted molar refractivity (Wildman–Crippen MR) is 71.7 cm³/mol. The lowest BCUT2D eigenvalue weighted by Gasteiger charge is -2.44. The van der Waals surface area contributed by atoms with Gasteiger partial charge in [0.2, 0.25) is 0 Å². The normalized spacial score (nSPS) is 16.5. The summed E-state index contributed by atoms with van der Waals surface area (Å²) in [6.07, 6.45) is -12.1. The Labute approximate surface area is 184 Å². The minimum atomic E-state index is -9.15. The van der Waals surface area contributed by atoms with Crippen LogP contribution in [0.15, 0.2) is 0 Å². The molecule has 0 aliphatic heterocycles. The van der Waals surface area contributed by atoms with Crippen LogP contribution in [0.4, 0.5) is 92.2 Å². The fourth-order valence-corrected chi connectivity index (χ4v) is 2.19. The van der Waals surface area contributed by atoms with Crippen LogP contribution in [-0.4, -0.2) is 73.2 Å². The Hall–Kier alpha value is -1.51. The van der Waals surface area contributed by atoms with Crippen molar-refractivity contribution in [2.75, 3.05) is 13.7 Å². The second-order valence-electron chi connectivity index (χ2n) is 6.89. The summed E-state index contributed by atoms with van der Waals surface area (Å²) in [6.45, 7) is -1.02. The predicted octanol–water partition coefficient (Wildman–Crippen LogP) is 7.69. The van der Waals surface area contributed by atoms with E-state index in [2.05, 4.69) is 4.74 Å². The number of rotatable bonds is 12. The molecule has 0 radical (unpaired) electrons. The fraction of sp³-hybridized carbons (Fsp3) is 1.00. The Morgan fingerprint density at radius 3 is 0.889 bits per heavy atom. The SMILES string of the molecule is COCCCC(F)(F)C(F)(F)C(F)(F)C(F)(F)C(F)(F)C(F)(F)C(F)(F)C(F)(F)C(F)(F)C(F)(F)F. The maximum atomic E-state index is 13.5. The minimum absolute atomic E-state index is 0.680. The number of methoxy groups -OCH3 is 1. The van der Waals surface area contributed by atoms with Gasteiger partial charge in [-0.25, -0.2) is 0 Å². The molecule has 0 aromatic heterocycles. The first-order valence-corrected chi connectivity index (χ1v) is 8.27. The molecule has 0 atom stereocenters. The van der Waals surface area contributed by atoms with Crippen LogP contribution in [0, 0.1) is 0 Å². The summed E-state index contributed by atoms with van der Waals surface area (Å²) in [5, 5.41) is 0. The number of hydrogen-bond acceptors (Lipinski definition) is 1. The zero-order valence-electron chi connectivity index (χ0n) is 16.5. The molecule has 36 heavy (non-hydrogen) atoms. The van der Waals surface area contributed by atoms with Gasteiger partial charge >= 0.3 is 59.5 Å². The maximum Gasteiger partial charge on any atom is 0.460 e. The number of ether oxygens (including phenoxy) is 1. The van der Waals surface area contributed by atoms with Crippen molar-refractivity contribution >= 4 is 0 Å². The molecule has 0 aliphatic rings. The summed E-state index contributed by atoms with van der Waals surface area (Å²) in [5.41, 5.74) is 0. The van der Waals surface area contributed by atoms with Gasteiger partial charge in [0.25, 0.3) is 0 Å². The molecule has 0 aromatic carbocycles. The molecule has 0 unspecified atom stereocenters. The third-order valence-electron chi connectivity index (χ3n) is 4.41. The van der Waals surface area contributed by atoms with E-state index in [1.165, 1.54) is 0 Å². The summed E-state index contributed by atoms with van der Waals surface area (Å²) in [7, 11) is 0.680. The van der Waals surface area contributed by atoms with Crippen molar-refractivity contribution in [2.24, 2.45) is 0 Å². The third-order valence-corrected chi connectivity index (χ3v) is 4.41. The minimum Gasteiger partial charge on any atom is -0.385 e. The molecule has 0 rings (SSSR count). The van der Waals surface area contributed by atoms with E-state index in [1.807, 2.05) is 0 Å². The Morgan fingerprint density at radius 2 is 0.639 bits per heavy atom. The average molecular weight is 592 g/mol. The lowest BCUT2D eigenvalue weighted by Crippen LogP contribution is -2.76. The molecule has 0 bridgehead atoms. The van der Waals surface area contributed by atoms with Crippen molar-refractivity contribution < 1.29 is 96.9 Å². The molecule has 1 nitrogen and oxygen atoms in total. The van der Waals surface area contributed by atoms with Crippen LogP contribution >= 0.6 is 0 Å². The summed E-state index contributed by atoms with van der Waals surface area (Å²) >= 11 is 0. The van der Waals surface area contributed by atoms with Crippen LogP contribution in [0.2, 0.25) is 0 Å². The summed E-state index contributed by atoms with van der Waals surface area (Å²) in [6, 6.07) is 0. The van der Waals surface area contributed by atoms with E-state index in [1.54, 1.807) is 0 Å². The molecular formula is C14H9F21O. The molecular weight excluding hydrogens is 583 g/mol. The Morgan fingerprint density at radius 1 is 0.389 bits per heavy atom. The smallest absolute Gasteiger partial charge is 0.385 e. The number of alkyl halides is 21. The van der Waals surface area contributed by atoms with E-state index in [-0.39, 0.29) is 0 Å². The first kappa shape index (κ1) is 34.5. The van der Waals surface area contributed by atoms with E-state index < -0.39 is 78.9 Å². The summed E-state index contributed by atoms with van der Waals surface area (Å²) in [5.74, 6) is -76.5. The molecule has 0 aromatic rings. The lowest BCUT2D eigenvalue weighted by atomic mass is 9.85. The highest BCUT2D eigenvalue weighted by atomic mass is 19.4. The maximum absolute atomic E-state index is 13.5. The highest BCUT2D eigenvalue weighted by Crippen LogP contribution is 2.66. The van der Waals surface area contributed by atoms with Gasteiger partial charge in [-0.3, -0.25) is 0 Å². The Bertz CT molecular complexity index is 763. The van der Waals surface area contributed by atoms with Gasteiger partial charge in [0, 0.05) is 20.1 Å². The molecule has 0 spiro atoms. The van der Waals surface area contributed by atoms with Crippen LogP contribution < -0.4 is 0 Å². The van der Waals surface area contributed by atoms with Gasteiger partial charge in [0.15, 0.2) is 0 Å². The van der Waals surface area contributed by atoms with Crippen LogP contribution in [0.1, 0.15) is 12.8 Å². The number of halogens is 21. The molecule has 0 amide bonds. The van der Waals surface area contributed by atoms with Gasteiger partial charge in [0.1, 0.15) is 0 Å². The van der Waals surface area contributed by atoms with Gasteiger partial charge < -0.3 is 4.74 Å². The van der Waals surface area contributed by atoms with E-state index in [0.717, 1.165) is 0 Å². The van der Waals surface area contributed by atoms with Gasteiger partial charge in [-0.2, -0.15) is 92.2 Å². The van der Waals surface area contributed by atoms with Crippen LogP contribution in [-0.2, 0) is 4.74 Å². The summed E-state index contributed by atoms with van der Waals surface area (Å²) in [4.78, 5) is 0. The van der Waals surface area contributed by atoms with Crippen LogP contribution in [0.3, 0.4) is 0 Å².